The summed E-state index contributed by atoms with van der Waals surface area (Å²) in [6, 6.07) is 0. The molecule has 108 valence electrons. The summed E-state index contributed by atoms with van der Waals surface area (Å²) >= 11 is 0. The topological polar surface area (TPSA) is 75.6 Å². The van der Waals surface area contributed by atoms with Crippen LogP contribution in [0.15, 0.2) is 18.7 Å². The summed E-state index contributed by atoms with van der Waals surface area (Å²) in [6.07, 6.45) is 7.69. The molecule has 1 saturated heterocycles. The van der Waals surface area contributed by atoms with E-state index in [1.54, 1.807) is 12.5 Å². The van der Waals surface area contributed by atoms with Crippen LogP contribution in [0.5, 0.6) is 0 Å². The van der Waals surface area contributed by atoms with Gasteiger partial charge in [0.2, 0.25) is 5.65 Å². The van der Waals surface area contributed by atoms with E-state index in [9.17, 15) is 0 Å². The average Bonchev–Trinajstić information content (AvgIpc) is 2.97. The van der Waals surface area contributed by atoms with Gasteiger partial charge in [0.05, 0.1) is 0 Å². The summed E-state index contributed by atoms with van der Waals surface area (Å²) in [5.74, 6) is 0.937. The second-order valence-corrected chi connectivity index (χ2v) is 5.14. The number of unbranched alkanes of at least 4 members (excludes halogenated alkanes) is 1. The van der Waals surface area contributed by atoms with E-state index < -0.39 is 0 Å². The van der Waals surface area contributed by atoms with Crippen molar-refractivity contribution in [2.75, 3.05) is 44.2 Å². The predicted octanol–water partition coefficient (Wildman–Crippen LogP) is -0.0148. The van der Waals surface area contributed by atoms with Crippen LogP contribution in [0.1, 0.15) is 12.8 Å². The van der Waals surface area contributed by atoms with Gasteiger partial charge in [0.25, 0.3) is 0 Å². The molecule has 1 aliphatic rings. The lowest BCUT2D eigenvalue weighted by Crippen LogP contribution is -2.47. The molecule has 0 atom stereocenters. The maximum absolute atomic E-state index is 5.53. The zero-order valence-electron chi connectivity index (χ0n) is 11.6. The first-order valence-corrected chi connectivity index (χ1v) is 7.20. The Labute approximate surface area is 118 Å². The summed E-state index contributed by atoms with van der Waals surface area (Å²) in [5, 5.41) is 8.10. The van der Waals surface area contributed by atoms with Crippen molar-refractivity contribution in [2.24, 2.45) is 5.73 Å². The molecule has 0 spiro atoms. The molecular formula is C13H21N7. The average molecular weight is 275 g/mol. The van der Waals surface area contributed by atoms with E-state index in [1.165, 1.54) is 6.42 Å². The summed E-state index contributed by atoms with van der Waals surface area (Å²) in [4.78, 5) is 9.26. The van der Waals surface area contributed by atoms with Gasteiger partial charge in [-0.15, -0.1) is 10.2 Å². The van der Waals surface area contributed by atoms with Gasteiger partial charge in [-0.05, 0) is 25.9 Å². The number of fused-ring (bicyclic) bond motifs is 1. The van der Waals surface area contributed by atoms with Crippen LogP contribution in [0.4, 0.5) is 5.82 Å². The molecule has 0 aromatic carbocycles. The maximum atomic E-state index is 5.53. The van der Waals surface area contributed by atoms with Crippen LogP contribution in [0.3, 0.4) is 0 Å². The summed E-state index contributed by atoms with van der Waals surface area (Å²) in [6.45, 7) is 6.06. The fourth-order valence-electron chi connectivity index (χ4n) is 2.63. The van der Waals surface area contributed by atoms with Gasteiger partial charge < -0.3 is 10.6 Å². The Morgan fingerprint density at radius 1 is 1.15 bits per heavy atom. The molecule has 1 fully saturated rings. The number of piperazine rings is 1. The molecule has 0 saturated carbocycles. The van der Waals surface area contributed by atoms with Crippen LogP contribution in [-0.4, -0.2) is 63.8 Å². The van der Waals surface area contributed by atoms with E-state index in [1.807, 2.05) is 10.6 Å². The lowest BCUT2D eigenvalue weighted by molar-refractivity contribution is 0.253. The van der Waals surface area contributed by atoms with Gasteiger partial charge in [-0.1, -0.05) is 0 Å². The standard InChI is InChI=1S/C13H21N7/c14-3-1-2-5-18-7-9-19(10-8-18)12-13-17-16-11-20(13)6-4-15-12/h4,6,11H,1-3,5,7-10,14H2. The van der Waals surface area contributed by atoms with Gasteiger partial charge in [-0.3, -0.25) is 9.30 Å². The summed E-state index contributed by atoms with van der Waals surface area (Å²) in [5.41, 5.74) is 6.37. The summed E-state index contributed by atoms with van der Waals surface area (Å²) in [7, 11) is 0. The molecule has 2 aromatic heterocycles. The van der Waals surface area contributed by atoms with Crippen LogP contribution < -0.4 is 10.6 Å². The number of anilines is 1. The van der Waals surface area contributed by atoms with Crippen LogP contribution in [0, 0.1) is 0 Å². The molecule has 2 aromatic rings. The zero-order valence-corrected chi connectivity index (χ0v) is 11.6. The third-order valence-corrected chi connectivity index (χ3v) is 3.80. The second-order valence-electron chi connectivity index (χ2n) is 5.14. The van der Waals surface area contributed by atoms with Gasteiger partial charge in [0.15, 0.2) is 5.82 Å². The minimum absolute atomic E-state index is 0.790. The van der Waals surface area contributed by atoms with Crippen LogP contribution in [0.25, 0.3) is 5.65 Å². The molecular weight excluding hydrogens is 254 g/mol. The van der Waals surface area contributed by atoms with E-state index in [0.29, 0.717) is 0 Å². The van der Waals surface area contributed by atoms with Crippen molar-refractivity contribution in [3.8, 4) is 0 Å². The first-order valence-electron chi connectivity index (χ1n) is 7.20. The molecule has 20 heavy (non-hydrogen) atoms. The van der Waals surface area contributed by atoms with Crippen molar-refractivity contribution in [3.05, 3.63) is 18.7 Å². The molecule has 0 aliphatic carbocycles. The SMILES string of the molecule is NCCCCN1CCN(c2nccn3cnnc23)CC1. The van der Waals surface area contributed by atoms with Crippen LogP contribution in [0.2, 0.25) is 0 Å². The van der Waals surface area contributed by atoms with Crippen molar-refractivity contribution >= 4 is 11.5 Å². The second kappa shape index (κ2) is 6.15. The van der Waals surface area contributed by atoms with Crippen molar-refractivity contribution in [2.45, 2.75) is 12.8 Å². The molecule has 0 unspecified atom stereocenters. The monoisotopic (exact) mass is 275 g/mol. The smallest absolute Gasteiger partial charge is 0.203 e. The number of hydrogen-bond acceptors (Lipinski definition) is 6. The number of nitrogens with zero attached hydrogens (tertiary/aromatic N) is 6. The van der Waals surface area contributed by atoms with E-state index in [2.05, 4.69) is 25.0 Å². The molecule has 3 heterocycles. The van der Waals surface area contributed by atoms with Crippen molar-refractivity contribution in [3.63, 3.8) is 0 Å². The van der Waals surface area contributed by atoms with Gasteiger partial charge in [0.1, 0.15) is 6.33 Å². The normalized spacial score (nSPS) is 16.9. The Morgan fingerprint density at radius 2 is 2.00 bits per heavy atom. The van der Waals surface area contributed by atoms with Crippen LogP contribution in [-0.2, 0) is 0 Å². The van der Waals surface area contributed by atoms with E-state index in [4.69, 9.17) is 5.73 Å². The Morgan fingerprint density at radius 3 is 2.80 bits per heavy atom. The molecule has 0 bridgehead atoms. The Bertz CT molecular complexity index is 544. The molecule has 7 nitrogen and oxygen atoms in total. The van der Waals surface area contributed by atoms with Crippen molar-refractivity contribution in [1.82, 2.24) is 24.5 Å². The molecule has 1 aliphatic heterocycles. The quantitative estimate of drug-likeness (QED) is 0.773. The largest absolute Gasteiger partial charge is 0.351 e. The van der Waals surface area contributed by atoms with E-state index >= 15 is 0 Å². The third kappa shape index (κ3) is 2.73. The zero-order chi connectivity index (χ0) is 13.8. The highest BCUT2D eigenvalue weighted by molar-refractivity contribution is 5.63. The van der Waals surface area contributed by atoms with Gasteiger partial charge in [0, 0.05) is 38.6 Å². The minimum atomic E-state index is 0.790. The third-order valence-electron chi connectivity index (χ3n) is 3.80. The first kappa shape index (κ1) is 13.3. The highest BCUT2D eigenvalue weighted by atomic mass is 15.3. The van der Waals surface area contributed by atoms with Gasteiger partial charge in [-0.2, -0.15) is 0 Å². The lowest BCUT2D eigenvalue weighted by Gasteiger charge is -2.35. The molecule has 0 amide bonds. The number of rotatable bonds is 5. The molecule has 7 heteroatoms. The van der Waals surface area contributed by atoms with E-state index in [0.717, 1.165) is 57.2 Å². The highest BCUT2D eigenvalue weighted by Crippen LogP contribution is 2.17. The maximum Gasteiger partial charge on any atom is 0.203 e. The lowest BCUT2D eigenvalue weighted by atomic mass is 10.2. The molecule has 3 rings (SSSR count). The van der Waals surface area contributed by atoms with Crippen LogP contribution >= 0.6 is 0 Å². The predicted molar refractivity (Wildman–Crippen MR) is 77.7 cm³/mol. The minimum Gasteiger partial charge on any atom is -0.351 e. The summed E-state index contributed by atoms with van der Waals surface area (Å²) < 4.78 is 1.91. The first-order chi connectivity index (χ1) is 9.88. The number of hydrogen-bond donors (Lipinski definition) is 1. The fraction of sp³-hybridized carbons (Fsp3) is 0.615. The van der Waals surface area contributed by atoms with Crippen molar-refractivity contribution < 1.29 is 0 Å². The Hall–Kier alpha value is -1.73. The fourth-order valence-corrected chi connectivity index (χ4v) is 2.63. The Balaban J connectivity index is 1.62. The van der Waals surface area contributed by atoms with Crippen molar-refractivity contribution in [1.29, 1.82) is 0 Å². The van der Waals surface area contributed by atoms with E-state index in [-0.39, 0.29) is 0 Å². The molecule has 2 N–H and O–H groups in total. The van der Waals surface area contributed by atoms with Gasteiger partial charge >= 0.3 is 0 Å². The van der Waals surface area contributed by atoms with Gasteiger partial charge in [-0.25, -0.2) is 4.98 Å². The highest BCUT2D eigenvalue weighted by Gasteiger charge is 2.20. The Kier molecular flexibility index (Phi) is 4.08. The number of nitrogens with two attached hydrogens (primary N) is 1. The number of aromatic nitrogens is 4. The molecule has 0 radical (unpaired) electrons.